The molecule has 0 atom stereocenters. The third kappa shape index (κ3) is 3.64. The Hall–Kier alpha value is -2.39. The Bertz CT molecular complexity index is 1030. The van der Waals surface area contributed by atoms with Crippen LogP contribution in [0, 0.1) is 11.8 Å². The molecule has 0 radical (unpaired) electrons. The van der Waals surface area contributed by atoms with Gasteiger partial charge in [0.15, 0.2) is 0 Å². The van der Waals surface area contributed by atoms with Gasteiger partial charge in [-0.1, -0.05) is 64.1 Å². The van der Waals surface area contributed by atoms with Gasteiger partial charge < -0.3 is 9.88 Å². The molecule has 3 heterocycles. The standard InChI is InChI=1S/C19H18N2.C7H14O/c1-2-7-17-13(4-1)8-9-14-5-3-6-15-16-12-20-11-10-18(16)21(17)19(14)15;1-5(2)7(8)6(3)4/h1-7,20H,8-12H2;5-6H,1-4H3. The Morgan fingerprint density at radius 3 is 2.31 bits per heavy atom. The number of carbonyl (C=O) groups excluding carboxylic acids is 1. The number of aromatic nitrogens is 1. The van der Waals surface area contributed by atoms with Gasteiger partial charge in [-0.3, -0.25) is 4.79 Å². The van der Waals surface area contributed by atoms with E-state index in [0.717, 1.165) is 32.4 Å². The molecule has 3 heteroatoms. The lowest BCUT2D eigenvalue weighted by Crippen LogP contribution is -2.24. The molecule has 29 heavy (non-hydrogen) atoms. The van der Waals surface area contributed by atoms with Crippen molar-refractivity contribution < 1.29 is 4.79 Å². The summed E-state index contributed by atoms with van der Waals surface area (Å²) in [4.78, 5) is 10.8. The van der Waals surface area contributed by atoms with Crippen molar-refractivity contribution in [3.8, 4) is 5.69 Å². The lowest BCUT2D eigenvalue weighted by atomic mass is 9.99. The number of carbonyl (C=O) groups is 1. The molecule has 1 N–H and O–H groups in total. The molecule has 152 valence electrons. The maximum Gasteiger partial charge on any atom is 0.137 e. The van der Waals surface area contributed by atoms with Crippen molar-refractivity contribution in [1.29, 1.82) is 0 Å². The van der Waals surface area contributed by atoms with Gasteiger partial charge in [0, 0.05) is 48.1 Å². The van der Waals surface area contributed by atoms with E-state index in [1.54, 1.807) is 0 Å². The third-order valence-electron chi connectivity index (χ3n) is 6.16. The summed E-state index contributed by atoms with van der Waals surface area (Å²) in [5.41, 5.74) is 8.86. The summed E-state index contributed by atoms with van der Waals surface area (Å²) >= 11 is 0. The SMILES string of the molecule is CC(C)C(=O)C(C)C.c1ccc2c(c1)CCc1cccc3c4c(n-2c13)CCNC4. The number of fused-ring (bicyclic) bond motifs is 5. The van der Waals surface area contributed by atoms with Crippen LogP contribution in [0.2, 0.25) is 0 Å². The van der Waals surface area contributed by atoms with E-state index in [4.69, 9.17) is 0 Å². The van der Waals surface area contributed by atoms with Crippen molar-refractivity contribution in [3.63, 3.8) is 0 Å². The molecule has 2 aromatic carbocycles. The van der Waals surface area contributed by atoms with Crippen LogP contribution < -0.4 is 5.32 Å². The minimum Gasteiger partial charge on any atom is -0.313 e. The van der Waals surface area contributed by atoms with Crippen molar-refractivity contribution in [1.82, 2.24) is 9.88 Å². The highest BCUT2D eigenvalue weighted by molar-refractivity contribution is 5.91. The molecule has 0 saturated heterocycles. The Labute approximate surface area is 174 Å². The van der Waals surface area contributed by atoms with Crippen molar-refractivity contribution in [3.05, 3.63) is 64.8 Å². The van der Waals surface area contributed by atoms with Crippen LogP contribution in [0.1, 0.15) is 50.1 Å². The predicted octanol–water partition coefficient (Wildman–Crippen LogP) is 5.24. The average molecular weight is 389 g/mol. The molecular weight excluding hydrogens is 356 g/mol. The fourth-order valence-corrected chi connectivity index (χ4v) is 4.75. The number of benzene rings is 2. The molecule has 2 aliphatic heterocycles. The fourth-order valence-electron chi connectivity index (χ4n) is 4.75. The van der Waals surface area contributed by atoms with Gasteiger partial charge in [-0.15, -0.1) is 0 Å². The van der Waals surface area contributed by atoms with E-state index < -0.39 is 0 Å². The smallest absolute Gasteiger partial charge is 0.137 e. The number of para-hydroxylation sites is 2. The third-order valence-corrected chi connectivity index (χ3v) is 6.16. The van der Waals surface area contributed by atoms with Gasteiger partial charge in [-0.05, 0) is 35.6 Å². The molecule has 0 bridgehead atoms. The van der Waals surface area contributed by atoms with E-state index in [2.05, 4.69) is 52.3 Å². The second kappa shape index (κ2) is 8.16. The van der Waals surface area contributed by atoms with Crippen molar-refractivity contribution in [2.75, 3.05) is 6.54 Å². The summed E-state index contributed by atoms with van der Waals surface area (Å²) in [5, 5.41) is 4.99. The van der Waals surface area contributed by atoms with Crippen molar-refractivity contribution >= 4 is 16.7 Å². The number of ketones is 1. The summed E-state index contributed by atoms with van der Waals surface area (Å²) in [5.74, 6) is 0.759. The zero-order valence-electron chi connectivity index (χ0n) is 18.1. The molecule has 5 rings (SSSR count). The molecule has 0 aliphatic carbocycles. The van der Waals surface area contributed by atoms with Crippen LogP contribution in [0.4, 0.5) is 0 Å². The molecule has 0 spiro atoms. The number of aryl methyl sites for hydroxylation is 2. The lowest BCUT2D eigenvalue weighted by molar-refractivity contribution is -0.124. The largest absolute Gasteiger partial charge is 0.313 e. The van der Waals surface area contributed by atoms with Gasteiger partial charge in [0.25, 0.3) is 0 Å². The lowest BCUT2D eigenvalue weighted by Gasteiger charge is -2.18. The molecule has 0 amide bonds. The first kappa shape index (κ1) is 19.9. The quantitative estimate of drug-likeness (QED) is 0.651. The van der Waals surface area contributed by atoms with E-state index in [1.807, 2.05) is 27.7 Å². The molecule has 3 nitrogen and oxygen atoms in total. The highest BCUT2D eigenvalue weighted by Crippen LogP contribution is 2.37. The fraction of sp³-hybridized carbons (Fsp3) is 0.423. The highest BCUT2D eigenvalue weighted by Gasteiger charge is 2.25. The first-order valence-corrected chi connectivity index (χ1v) is 11.0. The number of hydrogen-bond acceptors (Lipinski definition) is 2. The predicted molar refractivity (Wildman–Crippen MR) is 121 cm³/mol. The van der Waals surface area contributed by atoms with Gasteiger partial charge in [0.1, 0.15) is 5.78 Å². The van der Waals surface area contributed by atoms with E-state index in [1.165, 1.54) is 39.0 Å². The number of nitrogens with zero attached hydrogens (tertiary/aromatic N) is 1. The van der Waals surface area contributed by atoms with E-state index in [9.17, 15) is 4.79 Å². The van der Waals surface area contributed by atoms with Gasteiger partial charge in [-0.25, -0.2) is 0 Å². The van der Waals surface area contributed by atoms with Crippen LogP contribution in [0.5, 0.6) is 0 Å². The topological polar surface area (TPSA) is 34.0 Å². The van der Waals surface area contributed by atoms with Crippen LogP contribution in [-0.4, -0.2) is 16.9 Å². The number of Topliss-reactive ketones (excluding diaryl/α,β-unsaturated/α-hetero) is 1. The van der Waals surface area contributed by atoms with Gasteiger partial charge in [0.2, 0.25) is 0 Å². The van der Waals surface area contributed by atoms with Gasteiger partial charge in [0.05, 0.1) is 5.52 Å². The minimum atomic E-state index is 0.204. The number of rotatable bonds is 2. The van der Waals surface area contributed by atoms with E-state index in [0.29, 0.717) is 5.78 Å². The van der Waals surface area contributed by atoms with E-state index in [-0.39, 0.29) is 11.8 Å². The Morgan fingerprint density at radius 1 is 0.897 bits per heavy atom. The molecule has 0 saturated carbocycles. The summed E-state index contributed by atoms with van der Waals surface area (Å²) in [7, 11) is 0. The first-order valence-electron chi connectivity index (χ1n) is 11.0. The summed E-state index contributed by atoms with van der Waals surface area (Å²) in [6, 6.07) is 15.8. The summed E-state index contributed by atoms with van der Waals surface area (Å²) < 4.78 is 2.56. The van der Waals surface area contributed by atoms with Crippen LogP contribution >= 0.6 is 0 Å². The van der Waals surface area contributed by atoms with Crippen LogP contribution in [0.25, 0.3) is 16.6 Å². The maximum absolute atomic E-state index is 10.8. The van der Waals surface area contributed by atoms with E-state index >= 15 is 0 Å². The second-order valence-corrected chi connectivity index (χ2v) is 8.84. The zero-order chi connectivity index (χ0) is 20.5. The number of hydrogen-bond donors (Lipinski definition) is 1. The summed E-state index contributed by atoms with van der Waals surface area (Å²) in [6.45, 7) is 9.82. The van der Waals surface area contributed by atoms with Gasteiger partial charge >= 0.3 is 0 Å². The average Bonchev–Trinajstić information content (AvgIpc) is 2.96. The molecule has 2 aliphatic rings. The highest BCUT2D eigenvalue weighted by atomic mass is 16.1. The van der Waals surface area contributed by atoms with Crippen LogP contribution in [-0.2, 0) is 30.6 Å². The normalized spacial score (nSPS) is 14.8. The van der Waals surface area contributed by atoms with Gasteiger partial charge in [-0.2, -0.15) is 0 Å². The molecular formula is C26H32N2O. The monoisotopic (exact) mass is 388 g/mol. The summed E-state index contributed by atoms with van der Waals surface area (Å²) in [6.07, 6.45) is 3.41. The molecule has 1 aromatic heterocycles. The second-order valence-electron chi connectivity index (χ2n) is 8.84. The Kier molecular flexibility index (Phi) is 5.60. The van der Waals surface area contributed by atoms with Crippen LogP contribution in [0.3, 0.4) is 0 Å². The van der Waals surface area contributed by atoms with Crippen molar-refractivity contribution in [2.24, 2.45) is 11.8 Å². The molecule has 0 fully saturated rings. The Morgan fingerprint density at radius 2 is 1.59 bits per heavy atom. The first-order chi connectivity index (χ1) is 14.0. The molecule has 3 aromatic rings. The number of nitrogens with one attached hydrogen (secondary N) is 1. The minimum absolute atomic E-state index is 0.204. The molecule has 0 unspecified atom stereocenters. The van der Waals surface area contributed by atoms with Crippen molar-refractivity contribution in [2.45, 2.75) is 53.5 Å². The zero-order valence-corrected chi connectivity index (χ0v) is 18.1. The van der Waals surface area contributed by atoms with Crippen LogP contribution in [0.15, 0.2) is 42.5 Å². The maximum atomic E-state index is 10.8. The Balaban J connectivity index is 0.000000221.